The molecule has 0 saturated carbocycles. The third kappa shape index (κ3) is -0.00320. The van der Waals surface area contributed by atoms with Gasteiger partial charge in [0.15, 0.2) is 0 Å². The van der Waals surface area contributed by atoms with Gasteiger partial charge in [-0.1, -0.05) is 0 Å². The zero-order chi connectivity index (χ0) is 0. The van der Waals surface area contributed by atoms with Gasteiger partial charge in [0.05, 0.1) is 0 Å². The normalized spacial score (nSPS) is 0. The molecule has 0 atom stereocenters. The predicted molar refractivity (Wildman–Crippen MR) is 0 cm³/mol. The van der Waals surface area contributed by atoms with Crippen LogP contribution in [0.1, 0.15) is 0 Å². The fourth-order valence-electron chi connectivity index (χ4n) is 0. The standard InChI is InChI=1S/53Rf. The molecule has 0 bridgehead atoms. The molecule has 106 valence electrons. The van der Waals surface area contributed by atoms with Gasteiger partial charge in [-0.05, 0) is 0 Å². The minimum Gasteiger partial charge on any atom is 0 e. The molecule has 0 spiro atoms. The predicted octanol–water partition coefficient (Wildman–Crippen LogP) is 0. The van der Waals surface area contributed by atoms with E-state index < -0.39 is 0 Å². The van der Waals surface area contributed by atoms with E-state index in [2.05, 4.69) is 0 Å². The summed E-state index contributed by atoms with van der Waals surface area (Å²) in [4.78, 5) is 0. The van der Waals surface area contributed by atoms with Crippen LogP contribution in [-0.4, -0.2) is 0 Å². The molecule has 0 aliphatic carbocycles. The maximum atomic E-state index is 0. The summed E-state index contributed by atoms with van der Waals surface area (Å²) in [5.41, 5.74) is 0. The fourth-order valence-corrected chi connectivity index (χ4v) is 0. The quantitative estimate of drug-likeness (QED) is 0.321. The van der Waals surface area contributed by atoms with Crippen molar-refractivity contribution in [2.45, 2.75) is 0 Å². The van der Waals surface area contributed by atoms with E-state index in [0.29, 0.717) is 0 Å². The first-order valence-corrected chi connectivity index (χ1v) is 0. The second-order valence-corrected chi connectivity index (χ2v) is 0. The van der Waals surface area contributed by atoms with Crippen molar-refractivity contribution in [3.05, 3.63) is 0 Å². The average molecular weight is 14200 g/mol. The zero-order valence-corrected chi connectivity index (χ0v) is 377. The number of hydrogen-bond acceptors (Lipinski definition) is 0. The third-order valence-electron chi connectivity index (χ3n) is 0. The van der Waals surface area contributed by atoms with Crippen LogP contribution in [0.15, 0.2) is 0 Å². The van der Waals surface area contributed by atoms with Crippen molar-refractivity contribution < 1.29 is 0 Å². The Labute approximate surface area is 0 Å². The molecule has 0 nitrogen and oxygen atoms in total. The first-order chi connectivity index (χ1) is 0. The van der Waals surface area contributed by atoms with Crippen LogP contribution in [-0.2, 0) is 0 Å². The van der Waals surface area contributed by atoms with Gasteiger partial charge >= 0.3 is 0 Å². The summed E-state index contributed by atoms with van der Waals surface area (Å²) in [5, 5.41) is 0. The van der Waals surface area contributed by atoms with Crippen LogP contribution in [0, 0.1) is 0 Å². The van der Waals surface area contributed by atoms with E-state index >= 15 is 0 Å². The van der Waals surface area contributed by atoms with Gasteiger partial charge < -0.3 is 0 Å². The first-order valence-electron chi connectivity index (χ1n) is 0. The van der Waals surface area contributed by atoms with Gasteiger partial charge in [0, 0.05) is 0 Å². The van der Waals surface area contributed by atoms with E-state index in [-0.39, 0.29) is 0 Å². The topological polar surface area (TPSA) is 0 Å². The molecular weight excluding hydrogens is 14200 g/mol. The second-order valence-electron chi connectivity index (χ2n) is 0. The summed E-state index contributed by atoms with van der Waals surface area (Å²) in [6.45, 7) is 0. The van der Waals surface area contributed by atoms with Crippen LogP contribution in [0.2, 0.25) is 0 Å². The third-order valence-corrected chi connectivity index (χ3v) is 0. The van der Waals surface area contributed by atoms with Gasteiger partial charge in [0.25, 0.3) is 0 Å². The Hall–Kier alpha value is -53.0. The molecule has 0 amide bonds. The summed E-state index contributed by atoms with van der Waals surface area (Å²) in [6, 6.07) is 0. The molecule has 0 radical (unpaired) electrons. The van der Waals surface area contributed by atoms with Crippen molar-refractivity contribution in [2.24, 2.45) is 0 Å². The Morgan fingerprint density at radius 3 is 0.0189 bits per heavy atom. The molecule has 0 aliphatic rings. The van der Waals surface area contributed by atoms with Crippen molar-refractivity contribution >= 4 is 0 Å². The molecule has 0 saturated heterocycles. The summed E-state index contributed by atoms with van der Waals surface area (Å²) in [5.74, 6) is 0. The first kappa shape index (κ1) is 0. The van der Waals surface area contributed by atoms with Crippen LogP contribution < -0.4 is 0 Å². The van der Waals surface area contributed by atoms with Crippen LogP contribution >= 0.6 is 0 Å². The number of rotatable bonds is 0. The van der Waals surface area contributed by atoms with E-state index in [1.807, 2.05) is 0 Å². The molecule has 0 fully saturated rings. The summed E-state index contributed by atoms with van der Waals surface area (Å²) in [7, 11) is 0. The molecular formula is Rf53. The molecule has 0 rings (SSSR count). The summed E-state index contributed by atoms with van der Waals surface area (Å²) >= 11 is 0. The molecule has 53 heteroatoms. The van der Waals surface area contributed by atoms with E-state index in [9.17, 15) is 0 Å². The Balaban J connectivity index is 0. The molecule has 0 aliphatic heterocycles. The van der Waals surface area contributed by atoms with E-state index in [1.54, 1.807) is 0 Å². The van der Waals surface area contributed by atoms with Gasteiger partial charge in [-0.15, -0.1) is 0 Å². The maximum Gasteiger partial charge on any atom is 0 e. The Bertz CT molecular complexity index is 0. The average Bonchev–Trinajstić information content (AvgIpc) is 0. The van der Waals surface area contributed by atoms with Crippen LogP contribution in [0.5, 0.6) is 0 Å². The van der Waals surface area contributed by atoms with Gasteiger partial charge in [-0.2, -0.15) is 0 Å². The molecule has 53 heavy (non-hydrogen) atoms. The maximum absolute atomic E-state index is 0. The van der Waals surface area contributed by atoms with Crippen molar-refractivity contribution in [1.29, 1.82) is 0 Å². The fraction of sp³-hybridized carbons (Fsp3) is 0. The smallest absolute Gasteiger partial charge is 0 e. The van der Waals surface area contributed by atoms with Crippen LogP contribution in [0.4, 0.5) is 0 Å². The largest absolute Gasteiger partial charge is 0 e. The molecule has 0 aromatic rings. The second kappa shape index (κ2) is -0.00142. The van der Waals surface area contributed by atoms with Crippen molar-refractivity contribution in [3.63, 3.8) is 0 Å². The van der Waals surface area contributed by atoms with Gasteiger partial charge in [-0.3, -0.25) is 0 Å². The van der Waals surface area contributed by atoms with Crippen molar-refractivity contribution in [3.8, 4) is 0 Å². The SMILES string of the molecule is [Rf].[Rf].[Rf].[Rf].[Rf].[Rf].[Rf].[Rf].[Rf].[Rf].[Rf].[Rf].[Rf].[Rf].[Rf].[Rf].[Rf].[Rf].[Rf].[Rf].[Rf].[Rf].[Rf].[Rf].[Rf].[Rf].[Rf].[Rf].[Rf].[Rf].[Rf].[Rf].[Rf].[Rf].[Rf].[Rf].[Rf].[Rf].[Rf].[Rf].[Rf].[Rf].[Rf].[Rf].[Rf].[Rf].[Rf].[Rf].[Rf].[Rf].[Rf].[Rf].[Rf]. The van der Waals surface area contributed by atoms with E-state index in [4.69, 9.17) is 0 Å². The monoisotopic (exact) mass is 14200 g/mol. The molecule has 0 aromatic heterocycles. The molecule has 0 heterocycles. The summed E-state index contributed by atoms with van der Waals surface area (Å²) < 4.78 is 0. The number of hydrogen-bond donors (Lipinski definition) is 0. The minimum absolute atomic E-state index is 0. The van der Waals surface area contributed by atoms with E-state index in [0.717, 1.165) is 0 Å². The zero-order valence-electron chi connectivity index (χ0n) is 37.5. The van der Waals surface area contributed by atoms with Gasteiger partial charge in [0.1, 0.15) is 0 Å². The van der Waals surface area contributed by atoms with Gasteiger partial charge in [0.2, 0.25) is 0 Å². The Morgan fingerprint density at radius 1 is 0.0189 bits per heavy atom. The molecule has 0 unspecified atom stereocenters. The Kier molecular flexibility index (Phi) is 0. The Morgan fingerprint density at radius 2 is 0.0189 bits per heavy atom. The minimum atomic E-state index is 0. The molecule has 0 aromatic carbocycles. The van der Waals surface area contributed by atoms with Gasteiger partial charge in [-0.25, -0.2) is 0 Å². The van der Waals surface area contributed by atoms with Crippen molar-refractivity contribution in [1.82, 2.24) is 0 Å². The summed E-state index contributed by atoms with van der Waals surface area (Å²) in [6.07, 6.45) is 0. The van der Waals surface area contributed by atoms with Crippen molar-refractivity contribution in [2.75, 3.05) is 0 Å². The van der Waals surface area contributed by atoms with Crippen LogP contribution in [0.3, 0.4) is 0 Å². The van der Waals surface area contributed by atoms with Crippen LogP contribution in [0.25, 0.3) is 0 Å². The molecule has 0 N–H and O–H groups in total. The van der Waals surface area contributed by atoms with E-state index in [1.165, 1.54) is 0 Å².